The summed E-state index contributed by atoms with van der Waals surface area (Å²) in [6.07, 6.45) is 2.59. The first kappa shape index (κ1) is 9.21. The predicted molar refractivity (Wildman–Crippen MR) is 64.1 cm³/mol. The maximum atomic E-state index is 10.6. The Morgan fingerprint density at radius 2 is 2.23 bits per heavy atom. The van der Waals surface area contributed by atoms with Gasteiger partial charge < -0.3 is 4.98 Å². The van der Waals surface area contributed by atoms with Gasteiger partial charge in [0.05, 0.1) is 9.09 Å². The minimum atomic E-state index is 0.709. The van der Waals surface area contributed by atoms with Gasteiger partial charge in [-0.1, -0.05) is 6.07 Å². The number of carbonyl (C=O) groups excluding carboxylic acids is 1. The molecule has 1 N–H and O–H groups in total. The highest BCUT2D eigenvalue weighted by Crippen LogP contribution is 2.28. The Bertz CT molecular complexity index is 478. The van der Waals surface area contributed by atoms with E-state index < -0.39 is 0 Å². The molecule has 0 radical (unpaired) electrons. The third kappa shape index (κ3) is 1.42. The number of aromatic amines is 1. The quantitative estimate of drug-likeness (QED) is 0.621. The highest BCUT2D eigenvalue weighted by molar-refractivity contribution is 14.1. The Hall–Kier alpha value is -0.360. The van der Waals surface area contributed by atoms with Crippen molar-refractivity contribution in [2.24, 2.45) is 0 Å². The molecule has 4 heteroatoms. The predicted octanol–water partition coefficient (Wildman–Crippen LogP) is 3.35. The Morgan fingerprint density at radius 1 is 1.46 bits per heavy atom. The van der Waals surface area contributed by atoms with Gasteiger partial charge in [0.15, 0.2) is 6.29 Å². The maximum absolute atomic E-state index is 10.6. The van der Waals surface area contributed by atoms with Crippen molar-refractivity contribution in [3.8, 4) is 0 Å². The molecule has 0 amide bonds. The molecule has 1 heterocycles. The van der Waals surface area contributed by atoms with Crippen LogP contribution in [-0.2, 0) is 0 Å². The van der Waals surface area contributed by atoms with Gasteiger partial charge in [0.25, 0.3) is 0 Å². The number of aromatic nitrogens is 1. The molecule has 13 heavy (non-hydrogen) atoms. The lowest BCUT2D eigenvalue weighted by Crippen LogP contribution is -1.79. The van der Waals surface area contributed by atoms with Crippen LogP contribution in [0.1, 0.15) is 10.4 Å². The summed E-state index contributed by atoms with van der Waals surface area (Å²) >= 11 is 5.67. The van der Waals surface area contributed by atoms with Crippen LogP contribution in [0.2, 0.25) is 0 Å². The van der Waals surface area contributed by atoms with Crippen LogP contribution in [0.5, 0.6) is 0 Å². The number of carbonyl (C=O) groups is 1. The Kier molecular flexibility index (Phi) is 2.42. The molecular weight excluding hydrogens is 345 g/mol. The first-order chi connectivity index (χ1) is 6.24. The van der Waals surface area contributed by atoms with E-state index in [4.69, 9.17) is 0 Å². The van der Waals surface area contributed by atoms with Crippen molar-refractivity contribution in [3.05, 3.63) is 31.9 Å². The average molecular weight is 350 g/mol. The van der Waals surface area contributed by atoms with Gasteiger partial charge in [-0.15, -0.1) is 0 Å². The number of benzene rings is 1. The van der Waals surface area contributed by atoms with E-state index in [1.165, 1.54) is 0 Å². The van der Waals surface area contributed by atoms with Crippen LogP contribution in [0.4, 0.5) is 0 Å². The first-order valence-corrected chi connectivity index (χ1v) is 5.51. The molecular formula is C9H5BrINO. The average Bonchev–Trinajstić information content (AvgIpc) is 2.55. The number of halogens is 2. The molecule has 0 fully saturated rings. The van der Waals surface area contributed by atoms with E-state index in [1.807, 2.05) is 12.1 Å². The topological polar surface area (TPSA) is 32.9 Å². The largest absolute Gasteiger partial charge is 0.360 e. The molecule has 2 rings (SSSR count). The van der Waals surface area contributed by atoms with Crippen molar-refractivity contribution >= 4 is 55.7 Å². The summed E-state index contributed by atoms with van der Waals surface area (Å²) in [5.41, 5.74) is 1.72. The third-order valence-corrected chi connectivity index (χ3v) is 4.43. The molecule has 0 saturated heterocycles. The number of aldehydes is 1. The highest BCUT2D eigenvalue weighted by atomic mass is 127. The summed E-state index contributed by atoms with van der Waals surface area (Å²) in [7, 11) is 0. The van der Waals surface area contributed by atoms with Gasteiger partial charge in [0.2, 0.25) is 0 Å². The fraction of sp³-hybridized carbons (Fsp3) is 0. The number of rotatable bonds is 1. The van der Waals surface area contributed by atoms with Crippen molar-refractivity contribution in [2.45, 2.75) is 0 Å². The molecule has 1 aromatic heterocycles. The van der Waals surface area contributed by atoms with E-state index in [-0.39, 0.29) is 0 Å². The zero-order chi connectivity index (χ0) is 9.42. The maximum Gasteiger partial charge on any atom is 0.152 e. The molecule has 0 saturated carbocycles. The zero-order valence-electron chi connectivity index (χ0n) is 6.47. The van der Waals surface area contributed by atoms with E-state index in [0.717, 1.165) is 25.2 Å². The molecule has 0 spiro atoms. The Balaban J connectivity index is 2.88. The van der Waals surface area contributed by atoms with Gasteiger partial charge in [0.1, 0.15) is 0 Å². The van der Waals surface area contributed by atoms with Crippen molar-refractivity contribution in [3.63, 3.8) is 0 Å². The summed E-state index contributed by atoms with van der Waals surface area (Å²) in [6.45, 7) is 0. The summed E-state index contributed by atoms with van der Waals surface area (Å²) in [6, 6.07) is 3.88. The lowest BCUT2D eigenvalue weighted by atomic mass is 10.2. The van der Waals surface area contributed by atoms with E-state index >= 15 is 0 Å². The first-order valence-electron chi connectivity index (χ1n) is 3.64. The van der Waals surface area contributed by atoms with Gasteiger partial charge >= 0.3 is 0 Å². The van der Waals surface area contributed by atoms with Crippen LogP contribution in [0, 0.1) is 3.57 Å². The molecule has 2 nitrogen and oxygen atoms in total. The lowest BCUT2D eigenvalue weighted by Gasteiger charge is -1.97. The number of fused-ring (bicyclic) bond motifs is 1. The minimum Gasteiger partial charge on any atom is -0.360 e. The molecule has 66 valence electrons. The molecule has 0 unspecified atom stereocenters. The molecule has 1 aromatic carbocycles. The number of hydrogen-bond donors (Lipinski definition) is 1. The van der Waals surface area contributed by atoms with E-state index in [0.29, 0.717) is 5.56 Å². The summed E-state index contributed by atoms with van der Waals surface area (Å²) in [5, 5.41) is 0.975. The smallest absolute Gasteiger partial charge is 0.152 e. The van der Waals surface area contributed by atoms with Crippen LogP contribution >= 0.6 is 38.5 Å². The molecule has 0 aliphatic carbocycles. The van der Waals surface area contributed by atoms with Gasteiger partial charge in [-0.05, 0) is 44.6 Å². The van der Waals surface area contributed by atoms with Gasteiger partial charge in [0, 0.05) is 21.6 Å². The third-order valence-electron chi connectivity index (χ3n) is 1.90. The molecule has 0 atom stereocenters. The van der Waals surface area contributed by atoms with Crippen molar-refractivity contribution in [1.29, 1.82) is 0 Å². The van der Waals surface area contributed by atoms with Crippen LogP contribution in [0.3, 0.4) is 0 Å². The van der Waals surface area contributed by atoms with Crippen molar-refractivity contribution in [1.82, 2.24) is 4.98 Å². The fourth-order valence-electron chi connectivity index (χ4n) is 1.26. The second-order valence-electron chi connectivity index (χ2n) is 2.65. The van der Waals surface area contributed by atoms with Gasteiger partial charge in [-0.3, -0.25) is 4.79 Å². The fourth-order valence-corrected chi connectivity index (χ4v) is 2.21. The minimum absolute atomic E-state index is 0.709. The number of nitrogens with one attached hydrogen (secondary N) is 1. The van der Waals surface area contributed by atoms with Crippen molar-refractivity contribution < 1.29 is 4.79 Å². The number of hydrogen-bond acceptors (Lipinski definition) is 1. The van der Waals surface area contributed by atoms with E-state index in [2.05, 4.69) is 43.5 Å². The highest BCUT2D eigenvalue weighted by Gasteiger charge is 2.07. The summed E-state index contributed by atoms with van der Waals surface area (Å²) < 4.78 is 2.14. The second-order valence-corrected chi connectivity index (χ2v) is 4.58. The Morgan fingerprint density at radius 3 is 2.92 bits per heavy atom. The van der Waals surface area contributed by atoms with Gasteiger partial charge in [-0.25, -0.2) is 0 Å². The van der Waals surface area contributed by atoms with Crippen LogP contribution in [0.15, 0.2) is 22.8 Å². The summed E-state index contributed by atoms with van der Waals surface area (Å²) in [4.78, 5) is 13.7. The zero-order valence-corrected chi connectivity index (χ0v) is 10.2. The molecule has 0 aliphatic rings. The molecule has 0 aliphatic heterocycles. The van der Waals surface area contributed by atoms with Crippen LogP contribution in [0.25, 0.3) is 10.9 Å². The normalized spacial score (nSPS) is 10.6. The van der Waals surface area contributed by atoms with Crippen molar-refractivity contribution in [2.75, 3.05) is 0 Å². The standard InChI is InChI=1S/C9H5BrINO/c10-7-2-1-6-5(4-13)3-12-9(6)8(7)11/h1-4,12H. The Labute approximate surface area is 97.0 Å². The molecule has 0 bridgehead atoms. The second kappa shape index (κ2) is 3.42. The number of H-pyrrole nitrogens is 1. The van der Waals surface area contributed by atoms with Crippen LogP contribution < -0.4 is 0 Å². The monoisotopic (exact) mass is 349 g/mol. The van der Waals surface area contributed by atoms with E-state index in [9.17, 15) is 4.79 Å². The van der Waals surface area contributed by atoms with Crippen LogP contribution in [-0.4, -0.2) is 11.3 Å². The lowest BCUT2D eigenvalue weighted by molar-refractivity contribution is 0.112. The molecule has 2 aromatic rings. The van der Waals surface area contributed by atoms with Gasteiger partial charge in [-0.2, -0.15) is 0 Å². The van der Waals surface area contributed by atoms with E-state index in [1.54, 1.807) is 6.20 Å². The SMILES string of the molecule is O=Cc1c[nH]c2c(I)c(Br)ccc12. The summed E-state index contributed by atoms with van der Waals surface area (Å²) in [5.74, 6) is 0.